The van der Waals surface area contributed by atoms with Crippen molar-refractivity contribution in [3.8, 4) is 5.75 Å². The molecule has 0 bridgehead atoms. The maximum Gasteiger partial charge on any atom is 0.326 e. The standard InChI is InChI=1S/C30H39N7O6/c31-13-5-4-8-24(30(42)43)35-28(40)26(14-19-6-2-1-3-7-19)37-29(41)25(15-20-9-11-22(38)12-10-20)36-27(39)23(32)16-21-17-33-18-34-21/h1-3,6-7,9-12,17-18,23-26,38H,4-5,8,13-16,31-32H2,(H,33,34)(H,35,40)(H,36,39)(H,37,41)(H,42,43). The summed E-state index contributed by atoms with van der Waals surface area (Å²) < 4.78 is 0. The van der Waals surface area contributed by atoms with Crippen LogP contribution in [0.5, 0.6) is 5.75 Å². The van der Waals surface area contributed by atoms with Gasteiger partial charge in [0.2, 0.25) is 17.7 Å². The number of aromatic hydroxyl groups is 1. The second kappa shape index (κ2) is 16.6. The largest absolute Gasteiger partial charge is 0.508 e. The number of unbranched alkanes of at least 4 members (excludes halogenated alkanes) is 1. The second-order valence-corrected chi connectivity index (χ2v) is 10.3. The first kappa shape index (κ1) is 32.8. The fraction of sp³-hybridized carbons (Fsp3) is 0.367. The van der Waals surface area contributed by atoms with Gasteiger partial charge in [-0.3, -0.25) is 14.4 Å². The molecule has 3 amide bonds. The third kappa shape index (κ3) is 10.9. The van der Waals surface area contributed by atoms with E-state index in [9.17, 15) is 29.4 Å². The molecule has 0 fully saturated rings. The monoisotopic (exact) mass is 593 g/mol. The molecule has 0 aliphatic rings. The molecular formula is C30H39N7O6. The van der Waals surface area contributed by atoms with Crippen molar-refractivity contribution in [1.29, 1.82) is 0 Å². The number of phenolic OH excluding ortho intramolecular Hbond substituents is 1. The molecule has 0 aliphatic carbocycles. The smallest absolute Gasteiger partial charge is 0.326 e. The van der Waals surface area contributed by atoms with Gasteiger partial charge in [0.05, 0.1) is 12.4 Å². The van der Waals surface area contributed by atoms with E-state index in [-0.39, 0.29) is 31.4 Å². The number of carbonyl (C=O) groups excluding carboxylic acids is 3. The van der Waals surface area contributed by atoms with Crippen molar-refractivity contribution in [3.05, 3.63) is 83.9 Å². The lowest BCUT2D eigenvalue weighted by Crippen LogP contribution is -2.58. The van der Waals surface area contributed by atoms with Gasteiger partial charge in [0, 0.05) is 31.2 Å². The number of H-pyrrole nitrogens is 1. The van der Waals surface area contributed by atoms with E-state index >= 15 is 0 Å². The molecule has 1 aromatic heterocycles. The zero-order valence-electron chi connectivity index (χ0n) is 23.7. The summed E-state index contributed by atoms with van der Waals surface area (Å²) in [6, 6.07) is 10.6. The molecule has 0 aliphatic heterocycles. The molecule has 4 unspecified atom stereocenters. The van der Waals surface area contributed by atoms with Gasteiger partial charge in [-0.2, -0.15) is 0 Å². The SMILES string of the molecule is NCCCCC(NC(=O)C(Cc1ccccc1)NC(=O)C(Cc1ccc(O)cc1)NC(=O)C(N)Cc1cnc[nH]1)C(=O)O. The summed E-state index contributed by atoms with van der Waals surface area (Å²) >= 11 is 0. The van der Waals surface area contributed by atoms with Crippen LogP contribution in [0.4, 0.5) is 0 Å². The van der Waals surface area contributed by atoms with Gasteiger partial charge >= 0.3 is 5.97 Å². The Morgan fingerprint density at radius 2 is 1.37 bits per heavy atom. The summed E-state index contributed by atoms with van der Waals surface area (Å²) in [7, 11) is 0. The summed E-state index contributed by atoms with van der Waals surface area (Å²) in [6.45, 7) is 0.395. The number of nitrogens with two attached hydrogens (primary N) is 2. The Bertz CT molecular complexity index is 1320. The molecule has 4 atom stereocenters. The van der Waals surface area contributed by atoms with Gasteiger partial charge < -0.3 is 42.6 Å². The first-order chi connectivity index (χ1) is 20.7. The Morgan fingerprint density at radius 3 is 1.93 bits per heavy atom. The molecule has 3 rings (SSSR count). The summed E-state index contributed by atoms with van der Waals surface area (Å²) in [5, 5.41) is 27.3. The average Bonchev–Trinajstić information content (AvgIpc) is 3.50. The number of phenols is 1. The molecule has 2 aromatic carbocycles. The number of amides is 3. The van der Waals surface area contributed by atoms with Crippen LogP contribution >= 0.6 is 0 Å². The number of carboxylic acid groups (broad SMARTS) is 1. The van der Waals surface area contributed by atoms with Crippen LogP contribution in [-0.2, 0) is 38.4 Å². The zero-order chi connectivity index (χ0) is 31.2. The van der Waals surface area contributed by atoms with E-state index in [1.54, 1.807) is 42.6 Å². The van der Waals surface area contributed by atoms with Gasteiger partial charge in [-0.15, -0.1) is 0 Å². The molecule has 0 saturated heterocycles. The topological polar surface area (TPSA) is 226 Å². The second-order valence-electron chi connectivity index (χ2n) is 10.3. The number of carboxylic acids is 1. The molecule has 10 N–H and O–H groups in total. The minimum Gasteiger partial charge on any atom is -0.508 e. The molecular weight excluding hydrogens is 554 g/mol. The van der Waals surface area contributed by atoms with Gasteiger partial charge in [-0.05, 0) is 49.1 Å². The van der Waals surface area contributed by atoms with Crippen LogP contribution in [0.1, 0.15) is 36.1 Å². The van der Waals surface area contributed by atoms with Crippen LogP contribution in [0.15, 0.2) is 67.1 Å². The third-order valence-corrected chi connectivity index (χ3v) is 6.82. The van der Waals surface area contributed by atoms with E-state index in [0.29, 0.717) is 30.6 Å². The number of nitrogens with zero attached hydrogens (tertiary/aromatic N) is 1. The molecule has 13 heteroatoms. The Hall–Kier alpha value is -4.75. The van der Waals surface area contributed by atoms with Gasteiger partial charge in [0.15, 0.2) is 0 Å². The van der Waals surface area contributed by atoms with Crippen LogP contribution in [0, 0.1) is 0 Å². The van der Waals surface area contributed by atoms with Gasteiger partial charge in [-0.25, -0.2) is 9.78 Å². The van der Waals surface area contributed by atoms with Crippen molar-refractivity contribution in [2.45, 2.75) is 62.7 Å². The minimum absolute atomic E-state index is 0.0329. The Balaban J connectivity index is 1.81. The molecule has 43 heavy (non-hydrogen) atoms. The average molecular weight is 594 g/mol. The van der Waals surface area contributed by atoms with E-state index in [1.165, 1.54) is 18.5 Å². The lowest BCUT2D eigenvalue weighted by Gasteiger charge is -2.25. The highest BCUT2D eigenvalue weighted by Gasteiger charge is 2.31. The Kier molecular flexibility index (Phi) is 12.7. The molecule has 1 heterocycles. The van der Waals surface area contributed by atoms with Crippen LogP contribution in [0.3, 0.4) is 0 Å². The van der Waals surface area contributed by atoms with Crippen LogP contribution < -0.4 is 27.4 Å². The van der Waals surface area contributed by atoms with Crippen LogP contribution in [0.25, 0.3) is 0 Å². The number of carbonyl (C=O) groups is 4. The number of benzene rings is 2. The number of hydrogen-bond acceptors (Lipinski definition) is 8. The van der Waals surface area contributed by atoms with Crippen LogP contribution in [0.2, 0.25) is 0 Å². The van der Waals surface area contributed by atoms with Crippen molar-refractivity contribution in [3.63, 3.8) is 0 Å². The van der Waals surface area contributed by atoms with Gasteiger partial charge in [-0.1, -0.05) is 42.5 Å². The Labute approximate surface area is 249 Å². The summed E-state index contributed by atoms with van der Waals surface area (Å²) in [5.74, 6) is -3.10. The van der Waals surface area contributed by atoms with E-state index in [4.69, 9.17) is 11.5 Å². The minimum atomic E-state index is -1.20. The maximum absolute atomic E-state index is 13.7. The van der Waals surface area contributed by atoms with Crippen molar-refractivity contribution < 1.29 is 29.4 Å². The summed E-state index contributed by atoms with van der Waals surface area (Å²) in [6.07, 6.45) is 4.55. The number of aromatic nitrogens is 2. The third-order valence-electron chi connectivity index (χ3n) is 6.82. The lowest BCUT2D eigenvalue weighted by atomic mass is 10.0. The van der Waals surface area contributed by atoms with Crippen LogP contribution in [-0.4, -0.2) is 74.6 Å². The van der Waals surface area contributed by atoms with Gasteiger partial charge in [0.25, 0.3) is 0 Å². The molecule has 13 nitrogen and oxygen atoms in total. The quantitative estimate of drug-likeness (QED) is 0.0995. The number of imidazole rings is 1. The number of aliphatic carboxylic acids is 1. The predicted molar refractivity (Wildman–Crippen MR) is 159 cm³/mol. The normalized spacial score (nSPS) is 13.7. The highest BCUT2D eigenvalue weighted by atomic mass is 16.4. The molecule has 230 valence electrons. The van der Waals surface area contributed by atoms with E-state index in [2.05, 4.69) is 25.9 Å². The Morgan fingerprint density at radius 1 is 0.791 bits per heavy atom. The molecule has 0 spiro atoms. The number of rotatable bonds is 17. The molecule has 3 aromatic rings. The van der Waals surface area contributed by atoms with Crippen molar-refractivity contribution in [2.24, 2.45) is 11.5 Å². The summed E-state index contributed by atoms with van der Waals surface area (Å²) in [4.78, 5) is 58.8. The van der Waals surface area contributed by atoms with Crippen molar-refractivity contribution >= 4 is 23.7 Å². The first-order valence-electron chi connectivity index (χ1n) is 14.0. The fourth-order valence-corrected chi connectivity index (χ4v) is 4.44. The van der Waals surface area contributed by atoms with E-state index < -0.39 is 47.9 Å². The summed E-state index contributed by atoms with van der Waals surface area (Å²) in [5.41, 5.74) is 13.6. The van der Waals surface area contributed by atoms with E-state index in [1.807, 2.05) is 6.07 Å². The molecule has 0 radical (unpaired) electrons. The number of hydrogen-bond donors (Lipinski definition) is 8. The van der Waals surface area contributed by atoms with Crippen molar-refractivity contribution in [2.75, 3.05) is 6.54 Å². The lowest BCUT2D eigenvalue weighted by molar-refractivity contribution is -0.142. The number of nitrogens with one attached hydrogen (secondary N) is 4. The maximum atomic E-state index is 13.7. The first-order valence-corrected chi connectivity index (χ1v) is 14.0. The fourth-order valence-electron chi connectivity index (χ4n) is 4.44. The number of aromatic amines is 1. The van der Waals surface area contributed by atoms with Gasteiger partial charge in [0.1, 0.15) is 23.9 Å². The van der Waals surface area contributed by atoms with E-state index in [0.717, 1.165) is 5.56 Å². The highest BCUT2D eigenvalue weighted by Crippen LogP contribution is 2.13. The van der Waals surface area contributed by atoms with Crippen molar-refractivity contribution in [1.82, 2.24) is 25.9 Å². The zero-order valence-corrected chi connectivity index (χ0v) is 23.7. The molecule has 0 saturated carbocycles. The highest BCUT2D eigenvalue weighted by molar-refractivity contribution is 5.94. The predicted octanol–water partition coefficient (Wildman–Crippen LogP) is 0.139.